The number of guanidine groups is 1. The number of phenols is 1. The molecule has 0 amide bonds. The van der Waals surface area contributed by atoms with Crippen LogP contribution in [0.5, 0.6) is 5.75 Å². The molecule has 0 saturated carbocycles. The van der Waals surface area contributed by atoms with Crippen molar-refractivity contribution < 1.29 is 5.11 Å². The maximum Gasteiger partial charge on any atom is 0.206 e. The van der Waals surface area contributed by atoms with Gasteiger partial charge < -0.3 is 10.8 Å². The Bertz CT molecular complexity index is 640. The van der Waals surface area contributed by atoms with E-state index in [2.05, 4.69) is 10.5 Å². The molecule has 0 radical (unpaired) electrons. The largest absolute Gasteiger partial charge is 0.507 e. The molecule has 0 saturated heterocycles. The summed E-state index contributed by atoms with van der Waals surface area (Å²) in [7, 11) is 0. The highest BCUT2D eigenvalue weighted by Crippen LogP contribution is 2.28. The highest BCUT2D eigenvalue weighted by molar-refractivity contribution is 6.06. The van der Waals surface area contributed by atoms with Gasteiger partial charge in [0.05, 0.1) is 5.71 Å². The van der Waals surface area contributed by atoms with Crippen LogP contribution < -0.4 is 11.2 Å². The Morgan fingerprint density at radius 2 is 1.95 bits per heavy atom. The summed E-state index contributed by atoms with van der Waals surface area (Å²) in [5.74, 6) is -0.0608. The average molecular weight is 279 g/mol. The van der Waals surface area contributed by atoms with Crippen molar-refractivity contribution in [2.75, 3.05) is 0 Å². The van der Waals surface area contributed by atoms with Crippen LogP contribution in [0.15, 0.2) is 41.5 Å². The second kappa shape index (κ2) is 6.06. The molecule has 0 atom stereocenters. The van der Waals surface area contributed by atoms with E-state index in [-0.39, 0.29) is 24.1 Å². The van der Waals surface area contributed by atoms with E-state index in [9.17, 15) is 5.11 Å². The third-order valence-electron chi connectivity index (χ3n) is 2.63. The first-order valence-corrected chi connectivity index (χ1v) is 5.45. The average Bonchev–Trinajstić information content (AvgIpc) is 2.37. The molecule has 100 valence electrons. The Kier molecular flexibility index (Phi) is 4.72. The van der Waals surface area contributed by atoms with Crippen molar-refractivity contribution in [3.05, 3.63) is 42.0 Å². The van der Waals surface area contributed by atoms with Crippen molar-refractivity contribution in [3.8, 4) is 5.75 Å². The number of hydrogen-bond acceptors (Lipinski definition) is 3. The maximum atomic E-state index is 10.2. The number of halogens is 1. The molecule has 19 heavy (non-hydrogen) atoms. The topological polar surface area (TPSA) is 94.5 Å². The number of aromatic hydroxyl groups is 1. The number of hydrogen-bond donors (Lipinski definition) is 4. The predicted octanol–water partition coefficient (Wildman–Crippen LogP) is 2.17. The molecule has 0 aliphatic heterocycles. The summed E-state index contributed by atoms with van der Waals surface area (Å²) < 4.78 is 0. The van der Waals surface area contributed by atoms with Gasteiger partial charge in [-0.1, -0.05) is 30.3 Å². The van der Waals surface area contributed by atoms with Gasteiger partial charge in [0.15, 0.2) is 0 Å². The molecule has 0 aromatic heterocycles. The number of benzene rings is 2. The van der Waals surface area contributed by atoms with Crippen LogP contribution in [0.1, 0.15) is 12.5 Å². The van der Waals surface area contributed by atoms with E-state index in [4.69, 9.17) is 11.1 Å². The molecule has 2 aromatic carbocycles. The lowest BCUT2D eigenvalue weighted by atomic mass is 10.0. The molecule has 5 N–H and O–H groups in total. The molecule has 2 rings (SSSR count). The second-order valence-corrected chi connectivity index (χ2v) is 3.91. The summed E-state index contributed by atoms with van der Waals surface area (Å²) >= 11 is 0. The van der Waals surface area contributed by atoms with Gasteiger partial charge in [0.2, 0.25) is 5.96 Å². The minimum Gasteiger partial charge on any atom is -0.507 e. The van der Waals surface area contributed by atoms with Crippen LogP contribution in [0.2, 0.25) is 0 Å². The first-order valence-electron chi connectivity index (χ1n) is 5.45. The third kappa shape index (κ3) is 3.14. The first kappa shape index (κ1) is 14.8. The monoisotopic (exact) mass is 278 g/mol. The SMILES string of the molecule is C/C(=N/NC(=N)N)c1ccc2ccccc2c1O.Cl. The van der Waals surface area contributed by atoms with Crippen molar-refractivity contribution in [1.82, 2.24) is 5.43 Å². The third-order valence-corrected chi connectivity index (χ3v) is 2.63. The Labute approximate surface area is 117 Å². The fourth-order valence-corrected chi connectivity index (χ4v) is 1.75. The Hall–Kier alpha value is -2.27. The molecule has 0 heterocycles. The Morgan fingerprint density at radius 3 is 2.63 bits per heavy atom. The molecule has 0 bridgehead atoms. The quantitative estimate of drug-likeness (QED) is 0.385. The molecule has 0 unspecified atom stereocenters. The highest BCUT2D eigenvalue weighted by atomic mass is 35.5. The van der Waals surface area contributed by atoms with Gasteiger partial charge in [0.25, 0.3) is 0 Å². The standard InChI is InChI=1S/C13H14N4O.ClH/c1-8(16-17-13(14)15)10-7-6-9-4-2-3-5-11(9)12(10)18;/h2-7,18H,1H3,(H4,14,15,17);1H/b16-8-;. The first-order chi connectivity index (χ1) is 8.59. The predicted molar refractivity (Wildman–Crippen MR) is 80.1 cm³/mol. The van der Waals surface area contributed by atoms with Crippen molar-refractivity contribution in [2.24, 2.45) is 10.8 Å². The maximum absolute atomic E-state index is 10.2. The number of rotatable bonds is 2. The van der Waals surface area contributed by atoms with E-state index in [0.717, 1.165) is 10.8 Å². The van der Waals surface area contributed by atoms with Gasteiger partial charge in [0, 0.05) is 10.9 Å². The van der Waals surface area contributed by atoms with Gasteiger partial charge in [-0.25, -0.2) is 5.43 Å². The molecule has 0 fully saturated rings. The summed E-state index contributed by atoms with van der Waals surface area (Å²) in [6, 6.07) is 11.3. The number of nitrogens with two attached hydrogens (primary N) is 1. The normalized spacial score (nSPS) is 10.9. The fraction of sp³-hybridized carbons (Fsp3) is 0.0769. The van der Waals surface area contributed by atoms with Crippen molar-refractivity contribution in [3.63, 3.8) is 0 Å². The number of fused-ring (bicyclic) bond motifs is 1. The number of nitrogens with zero attached hydrogens (tertiary/aromatic N) is 1. The van der Waals surface area contributed by atoms with Gasteiger partial charge in [-0.2, -0.15) is 5.10 Å². The zero-order chi connectivity index (χ0) is 13.1. The summed E-state index contributed by atoms with van der Waals surface area (Å²) in [6.07, 6.45) is 0. The lowest BCUT2D eigenvalue weighted by molar-refractivity contribution is 0.480. The van der Waals surface area contributed by atoms with Crippen LogP contribution in [-0.2, 0) is 0 Å². The van der Waals surface area contributed by atoms with Crippen LogP contribution in [-0.4, -0.2) is 16.8 Å². The van der Waals surface area contributed by atoms with Crippen LogP contribution >= 0.6 is 12.4 Å². The molecular weight excluding hydrogens is 264 g/mol. The number of hydrazone groups is 1. The highest BCUT2D eigenvalue weighted by Gasteiger charge is 2.08. The van der Waals surface area contributed by atoms with Crippen LogP contribution in [0.4, 0.5) is 0 Å². The van der Waals surface area contributed by atoms with Gasteiger partial charge in [-0.05, 0) is 18.4 Å². The van der Waals surface area contributed by atoms with E-state index in [1.807, 2.05) is 30.3 Å². The van der Waals surface area contributed by atoms with Crippen molar-refractivity contribution >= 4 is 34.9 Å². The minimum atomic E-state index is -0.241. The lowest BCUT2D eigenvalue weighted by Crippen LogP contribution is -2.26. The summed E-state index contributed by atoms with van der Waals surface area (Å²) in [6.45, 7) is 1.74. The zero-order valence-corrected chi connectivity index (χ0v) is 11.2. The molecule has 6 heteroatoms. The van der Waals surface area contributed by atoms with E-state index < -0.39 is 0 Å². The van der Waals surface area contributed by atoms with Crippen LogP contribution in [0, 0.1) is 5.41 Å². The van der Waals surface area contributed by atoms with Gasteiger partial charge in [-0.15, -0.1) is 12.4 Å². The zero-order valence-electron chi connectivity index (χ0n) is 10.3. The van der Waals surface area contributed by atoms with E-state index in [1.165, 1.54) is 0 Å². The molecule has 5 nitrogen and oxygen atoms in total. The van der Waals surface area contributed by atoms with E-state index in [0.29, 0.717) is 11.3 Å². The van der Waals surface area contributed by atoms with Gasteiger partial charge in [0.1, 0.15) is 5.75 Å². The molecule has 0 spiro atoms. The van der Waals surface area contributed by atoms with Gasteiger partial charge in [-0.3, -0.25) is 5.41 Å². The lowest BCUT2D eigenvalue weighted by Gasteiger charge is -2.07. The summed E-state index contributed by atoms with van der Waals surface area (Å²) in [4.78, 5) is 0. The smallest absolute Gasteiger partial charge is 0.206 e. The van der Waals surface area contributed by atoms with Crippen molar-refractivity contribution in [1.29, 1.82) is 5.41 Å². The Morgan fingerprint density at radius 1 is 1.26 bits per heavy atom. The van der Waals surface area contributed by atoms with Gasteiger partial charge >= 0.3 is 0 Å². The summed E-state index contributed by atoms with van der Waals surface area (Å²) in [5, 5.41) is 22.9. The molecule has 2 aromatic rings. The number of phenolic OH excluding ortho intramolecular Hbond substituents is 1. The number of nitrogens with one attached hydrogen (secondary N) is 2. The fourth-order valence-electron chi connectivity index (χ4n) is 1.75. The van der Waals surface area contributed by atoms with Crippen molar-refractivity contribution in [2.45, 2.75) is 6.92 Å². The molecule has 0 aliphatic carbocycles. The van der Waals surface area contributed by atoms with Crippen LogP contribution in [0.25, 0.3) is 10.8 Å². The Balaban J connectivity index is 0.00000180. The second-order valence-electron chi connectivity index (χ2n) is 3.91. The summed E-state index contributed by atoms with van der Waals surface area (Å²) in [5.41, 5.74) is 8.68. The minimum absolute atomic E-state index is 0. The van der Waals surface area contributed by atoms with E-state index in [1.54, 1.807) is 13.0 Å². The van der Waals surface area contributed by atoms with Crippen LogP contribution in [0.3, 0.4) is 0 Å². The molecule has 0 aliphatic rings. The van der Waals surface area contributed by atoms with E-state index >= 15 is 0 Å². The molecular formula is C13H15ClN4O.